The standard InChI is InChI=1S/C22H25N9O2/c1-6-17(32)15-11-24-18(27-19-9-13(2)31(4)28-19)10-16(15)26-22-20(33-5)14(7-8-23-22)21-25-12-30(3)29-21/h7-12H,6H2,1-5H3,(H2,23,24,26,27,28). The van der Waals surface area contributed by atoms with E-state index in [0.717, 1.165) is 5.69 Å². The van der Waals surface area contributed by atoms with Gasteiger partial charge in [0, 0.05) is 50.7 Å². The fraction of sp³-hybridized carbons (Fsp3) is 0.273. The summed E-state index contributed by atoms with van der Waals surface area (Å²) in [6.07, 6.45) is 5.13. The third kappa shape index (κ3) is 4.52. The van der Waals surface area contributed by atoms with Gasteiger partial charge in [-0.25, -0.2) is 15.0 Å². The molecule has 0 aliphatic heterocycles. The zero-order valence-corrected chi connectivity index (χ0v) is 19.1. The summed E-state index contributed by atoms with van der Waals surface area (Å²) in [5, 5.41) is 15.2. The van der Waals surface area contributed by atoms with Gasteiger partial charge in [0.05, 0.1) is 23.9 Å². The van der Waals surface area contributed by atoms with Crippen LogP contribution in [0.4, 0.5) is 23.1 Å². The first-order chi connectivity index (χ1) is 15.9. The monoisotopic (exact) mass is 447 g/mol. The number of nitrogens with one attached hydrogen (secondary N) is 2. The molecule has 11 nitrogen and oxygen atoms in total. The van der Waals surface area contributed by atoms with Gasteiger partial charge >= 0.3 is 0 Å². The van der Waals surface area contributed by atoms with E-state index in [9.17, 15) is 4.79 Å². The summed E-state index contributed by atoms with van der Waals surface area (Å²) in [5.41, 5.74) is 2.67. The van der Waals surface area contributed by atoms with Crippen LogP contribution in [0.25, 0.3) is 11.4 Å². The topological polar surface area (TPSA) is 125 Å². The van der Waals surface area contributed by atoms with Gasteiger partial charge in [0.25, 0.3) is 0 Å². The Hall–Kier alpha value is -4.28. The minimum Gasteiger partial charge on any atom is -0.492 e. The van der Waals surface area contributed by atoms with Crippen LogP contribution in [0.3, 0.4) is 0 Å². The van der Waals surface area contributed by atoms with E-state index in [1.54, 1.807) is 61.3 Å². The van der Waals surface area contributed by atoms with Gasteiger partial charge in [-0.1, -0.05) is 6.92 Å². The van der Waals surface area contributed by atoms with Crippen LogP contribution in [0.2, 0.25) is 0 Å². The molecule has 4 aromatic rings. The molecule has 0 saturated carbocycles. The highest BCUT2D eigenvalue weighted by Crippen LogP contribution is 2.36. The SMILES string of the molecule is CCC(=O)c1cnc(Nc2cc(C)n(C)n2)cc1Nc1nccc(-c2ncn(C)n2)c1OC. The maximum Gasteiger partial charge on any atom is 0.185 e. The first-order valence-electron chi connectivity index (χ1n) is 10.4. The van der Waals surface area contributed by atoms with E-state index in [1.165, 1.54) is 0 Å². The van der Waals surface area contributed by atoms with Crippen LogP contribution in [0.1, 0.15) is 29.4 Å². The summed E-state index contributed by atoms with van der Waals surface area (Å²) >= 11 is 0. The van der Waals surface area contributed by atoms with Crippen molar-refractivity contribution in [2.75, 3.05) is 17.7 Å². The summed E-state index contributed by atoms with van der Waals surface area (Å²) in [4.78, 5) is 25.7. The minimum atomic E-state index is -0.0493. The van der Waals surface area contributed by atoms with Crippen LogP contribution in [-0.4, -0.2) is 47.4 Å². The molecule has 0 aliphatic rings. The fourth-order valence-electron chi connectivity index (χ4n) is 3.30. The van der Waals surface area contributed by atoms with Crippen LogP contribution in [0.15, 0.2) is 36.9 Å². The number of rotatable bonds is 8. The second kappa shape index (κ2) is 9.07. The van der Waals surface area contributed by atoms with Crippen molar-refractivity contribution >= 4 is 28.9 Å². The van der Waals surface area contributed by atoms with E-state index in [1.807, 2.05) is 20.0 Å². The lowest BCUT2D eigenvalue weighted by Crippen LogP contribution is -2.07. The molecular weight excluding hydrogens is 422 g/mol. The molecule has 0 saturated heterocycles. The van der Waals surface area contributed by atoms with E-state index in [0.29, 0.717) is 52.3 Å². The van der Waals surface area contributed by atoms with E-state index in [4.69, 9.17) is 4.74 Å². The number of pyridine rings is 2. The highest BCUT2D eigenvalue weighted by Gasteiger charge is 2.19. The Labute approximate surface area is 190 Å². The van der Waals surface area contributed by atoms with E-state index in [-0.39, 0.29) is 5.78 Å². The van der Waals surface area contributed by atoms with Crippen molar-refractivity contribution in [2.45, 2.75) is 20.3 Å². The Morgan fingerprint density at radius 1 is 1.09 bits per heavy atom. The lowest BCUT2D eigenvalue weighted by molar-refractivity contribution is 0.0988. The molecule has 0 unspecified atom stereocenters. The summed E-state index contributed by atoms with van der Waals surface area (Å²) < 4.78 is 9.02. The quantitative estimate of drug-likeness (QED) is 0.391. The van der Waals surface area contributed by atoms with E-state index >= 15 is 0 Å². The molecule has 4 aromatic heterocycles. The Bertz CT molecular complexity index is 1290. The molecule has 0 aromatic carbocycles. The zero-order chi connectivity index (χ0) is 23.5. The van der Waals surface area contributed by atoms with Crippen molar-refractivity contribution in [1.82, 2.24) is 34.5 Å². The smallest absolute Gasteiger partial charge is 0.185 e. The van der Waals surface area contributed by atoms with Crippen LogP contribution in [0, 0.1) is 6.92 Å². The zero-order valence-electron chi connectivity index (χ0n) is 19.1. The summed E-state index contributed by atoms with van der Waals surface area (Å²) in [6.45, 7) is 3.77. The third-order valence-corrected chi connectivity index (χ3v) is 5.10. The van der Waals surface area contributed by atoms with Gasteiger partial charge < -0.3 is 15.4 Å². The van der Waals surface area contributed by atoms with Crippen LogP contribution in [-0.2, 0) is 14.1 Å². The second-order valence-corrected chi connectivity index (χ2v) is 7.42. The van der Waals surface area contributed by atoms with Crippen LogP contribution < -0.4 is 15.4 Å². The lowest BCUT2D eigenvalue weighted by atomic mass is 10.1. The molecule has 0 atom stereocenters. The average molecular weight is 448 g/mol. The Kier molecular flexibility index (Phi) is 6.03. The molecule has 0 fully saturated rings. The van der Waals surface area contributed by atoms with Gasteiger partial charge in [-0.15, -0.1) is 0 Å². The number of aromatic nitrogens is 7. The van der Waals surface area contributed by atoms with Gasteiger partial charge in [0.2, 0.25) is 0 Å². The van der Waals surface area contributed by atoms with Gasteiger partial charge in [-0.05, 0) is 13.0 Å². The first-order valence-corrected chi connectivity index (χ1v) is 10.4. The molecule has 11 heteroatoms. The molecule has 4 heterocycles. The Morgan fingerprint density at radius 3 is 2.55 bits per heavy atom. The molecule has 0 spiro atoms. The molecule has 0 bridgehead atoms. The highest BCUT2D eigenvalue weighted by atomic mass is 16.5. The predicted octanol–water partition coefficient (Wildman–Crippen LogP) is 3.40. The van der Waals surface area contributed by atoms with E-state index in [2.05, 4.69) is 35.8 Å². The number of aryl methyl sites for hydroxylation is 3. The number of carbonyl (C=O) groups excluding carboxylic acids is 1. The van der Waals surface area contributed by atoms with Crippen molar-refractivity contribution in [1.29, 1.82) is 0 Å². The number of Topliss-reactive ketones (excluding diaryl/α,β-unsaturated/α-hetero) is 1. The number of ether oxygens (including phenoxy) is 1. The van der Waals surface area contributed by atoms with Crippen LogP contribution >= 0.6 is 0 Å². The average Bonchev–Trinajstić information content (AvgIpc) is 3.37. The summed E-state index contributed by atoms with van der Waals surface area (Å²) in [7, 11) is 5.21. The molecule has 33 heavy (non-hydrogen) atoms. The Balaban J connectivity index is 1.73. The number of anilines is 4. The van der Waals surface area contributed by atoms with Gasteiger partial charge in [0.15, 0.2) is 29.0 Å². The second-order valence-electron chi connectivity index (χ2n) is 7.42. The van der Waals surface area contributed by atoms with Gasteiger partial charge in [-0.3, -0.25) is 14.2 Å². The summed E-state index contributed by atoms with van der Waals surface area (Å²) in [5.74, 6) is 2.54. The number of carbonyl (C=O) groups is 1. The van der Waals surface area contributed by atoms with Crippen molar-refractivity contribution in [3.8, 4) is 17.1 Å². The first kappa shape index (κ1) is 21.9. The molecule has 2 N–H and O–H groups in total. The summed E-state index contributed by atoms with van der Waals surface area (Å²) in [6, 6.07) is 5.44. The number of hydrogen-bond acceptors (Lipinski definition) is 9. The number of ketones is 1. The predicted molar refractivity (Wildman–Crippen MR) is 124 cm³/mol. The fourth-order valence-corrected chi connectivity index (χ4v) is 3.30. The minimum absolute atomic E-state index is 0.0493. The Morgan fingerprint density at radius 2 is 1.91 bits per heavy atom. The molecule has 4 rings (SSSR count). The molecule has 0 amide bonds. The number of hydrogen-bond donors (Lipinski definition) is 2. The number of methoxy groups -OCH3 is 1. The third-order valence-electron chi connectivity index (χ3n) is 5.10. The maximum atomic E-state index is 12.6. The maximum absolute atomic E-state index is 12.6. The van der Waals surface area contributed by atoms with E-state index < -0.39 is 0 Å². The number of nitrogens with zero attached hydrogens (tertiary/aromatic N) is 7. The molecule has 0 radical (unpaired) electrons. The van der Waals surface area contributed by atoms with Crippen LogP contribution in [0.5, 0.6) is 5.75 Å². The lowest BCUT2D eigenvalue weighted by Gasteiger charge is -2.15. The highest BCUT2D eigenvalue weighted by molar-refractivity contribution is 6.02. The van der Waals surface area contributed by atoms with Crippen molar-refractivity contribution in [3.63, 3.8) is 0 Å². The normalized spacial score (nSPS) is 10.8. The van der Waals surface area contributed by atoms with Crippen molar-refractivity contribution in [3.05, 3.63) is 48.2 Å². The van der Waals surface area contributed by atoms with Crippen molar-refractivity contribution in [2.24, 2.45) is 14.1 Å². The molecule has 0 aliphatic carbocycles. The van der Waals surface area contributed by atoms with Crippen molar-refractivity contribution < 1.29 is 9.53 Å². The van der Waals surface area contributed by atoms with Gasteiger partial charge in [0.1, 0.15) is 12.1 Å². The van der Waals surface area contributed by atoms with Gasteiger partial charge in [-0.2, -0.15) is 10.2 Å². The molecular formula is C22H25N9O2. The molecule has 170 valence electrons. The largest absolute Gasteiger partial charge is 0.492 e.